The van der Waals surface area contributed by atoms with E-state index >= 15 is 0 Å². The van der Waals surface area contributed by atoms with E-state index < -0.39 is 0 Å². The summed E-state index contributed by atoms with van der Waals surface area (Å²) in [7, 11) is 2.05. The van der Waals surface area contributed by atoms with Gasteiger partial charge in [0.25, 0.3) is 0 Å². The molecule has 0 bridgehead atoms. The standard InChI is InChI=1S/C17H20N2.CH3Br/c1-18-10-6-15(7-11-18)8-12-19-13-9-16-4-2-3-5-17(16)14-19;1-2/h2-7,10-11,14H,8-9,12-13H2,1H3;1H3/q+2;. The monoisotopic (exact) mass is 346 g/mol. The minimum Gasteiger partial charge on any atom is -0.235 e. The van der Waals surface area contributed by atoms with Gasteiger partial charge in [0.05, 0.1) is 0 Å². The van der Waals surface area contributed by atoms with E-state index in [4.69, 9.17) is 0 Å². The number of fused-ring (bicyclic) bond motifs is 1. The van der Waals surface area contributed by atoms with Gasteiger partial charge in [0, 0.05) is 30.5 Å². The lowest BCUT2D eigenvalue weighted by Crippen LogP contribution is -2.27. The molecule has 21 heavy (non-hydrogen) atoms. The highest BCUT2D eigenvalue weighted by Crippen LogP contribution is 2.11. The van der Waals surface area contributed by atoms with E-state index in [-0.39, 0.29) is 0 Å². The fourth-order valence-corrected chi connectivity index (χ4v) is 2.56. The zero-order chi connectivity index (χ0) is 15.1. The molecule has 0 fully saturated rings. The lowest BCUT2D eigenvalue weighted by atomic mass is 10.0. The Balaban J connectivity index is 0.000000774. The average Bonchev–Trinajstić information content (AvgIpc) is 2.56. The van der Waals surface area contributed by atoms with Crippen LogP contribution in [0.5, 0.6) is 0 Å². The summed E-state index contributed by atoms with van der Waals surface area (Å²) in [6.45, 7) is 2.24. The van der Waals surface area contributed by atoms with Crippen molar-refractivity contribution in [1.29, 1.82) is 0 Å². The van der Waals surface area contributed by atoms with Crippen LogP contribution in [-0.4, -0.2) is 29.7 Å². The van der Waals surface area contributed by atoms with Crippen LogP contribution in [0, 0.1) is 0 Å². The highest BCUT2D eigenvalue weighted by atomic mass is 79.9. The summed E-state index contributed by atoms with van der Waals surface area (Å²) in [5.41, 5.74) is 4.27. The first kappa shape index (κ1) is 15.9. The second kappa shape index (κ2) is 8.08. The third-order valence-corrected chi connectivity index (χ3v) is 3.78. The van der Waals surface area contributed by atoms with E-state index in [1.807, 2.05) is 5.83 Å². The third kappa shape index (κ3) is 4.50. The first-order valence-electron chi connectivity index (χ1n) is 7.30. The molecular formula is C18H23BrN2+2. The van der Waals surface area contributed by atoms with Crippen LogP contribution in [0.4, 0.5) is 0 Å². The largest absolute Gasteiger partial charge is 0.235 e. The number of nitrogens with zero attached hydrogens (tertiary/aromatic N) is 2. The smallest absolute Gasteiger partial charge is 0.170 e. The maximum atomic E-state index is 2.94. The van der Waals surface area contributed by atoms with Gasteiger partial charge in [-0.3, -0.25) is 0 Å². The zero-order valence-electron chi connectivity index (χ0n) is 12.8. The SMILES string of the molecule is CBr.C[n+]1ccc(CC[N+]2=Cc3ccccc3CC2)cc1. The number of hydrogen-bond donors (Lipinski definition) is 0. The molecule has 1 aliphatic rings. The molecule has 0 N–H and O–H groups in total. The van der Waals surface area contributed by atoms with Crippen LogP contribution in [0.25, 0.3) is 0 Å². The van der Waals surface area contributed by atoms with E-state index in [9.17, 15) is 0 Å². The first-order valence-corrected chi connectivity index (χ1v) is 8.89. The maximum absolute atomic E-state index is 2.94. The third-order valence-electron chi connectivity index (χ3n) is 3.78. The van der Waals surface area contributed by atoms with Gasteiger partial charge in [-0.2, -0.15) is 0 Å². The Morgan fingerprint density at radius 1 is 1.05 bits per heavy atom. The van der Waals surface area contributed by atoms with Gasteiger partial charge >= 0.3 is 0 Å². The maximum Gasteiger partial charge on any atom is 0.170 e. The molecule has 0 saturated heterocycles. The summed E-state index contributed by atoms with van der Waals surface area (Å²) in [6.07, 6.45) is 8.81. The number of aromatic nitrogens is 1. The highest BCUT2D eigenvalue weighted by Gasteiger charge is 2.14. The molecule has 110 valence electrons. The molecule has 0 aliphatic carbocycles. The van der Waals surface area contributed by atoms with Gasteiger partial charge in [0.15, 0.2) is 18.6 Å². The van der Waals surface area contributed by atoms with Gasteiger partial charge in [-0.05, 0) is 23.0 Å². The molecular weight excluding hydrogens is 324 g/mol. The van der Waals surface area contributed by atoms with Gasteiger partial charge in [0.1, 0.15) is 20.1 Å². The minimum atomic E-state index is 1.10. The quantitative estimate of drug-likeness (QED) is 0.595. The molecule has 3 rings (SSSR count). The molecule has 0 radical (unpaired) electrons. The molecule has 3 heteroatoms. The lowest BCUT2D eigenvalue weighted by Gasteiger charge is -2.12. The molecule has 1 aromatic carbocycles. The number of hydrogen-bond acceptors (Lipinski definition) is 0. The Labute approximate surface area is 135 Å². The van der Waals surface area contributed by atoms with Crippen LogP contribution in [0.1, 0.15) is 16.7 Å². The molecule has 0 spiro atoms. The van der Waals surface area contributed by atoms with Gasteiger partial charge in [-0.15, -0.1) is 0 Å². The van der Waals surface area contributed by atoms with Crippen LogP contribution in [0.2, 0.25) is 0 Å². The Morgan fingerprint density at radius 3 is 2.52 bits per heavy atom. The molecule has 0 atom stereocenters. The number of halogens is 1. The van der Waals surface area contributed by atoms with Crippen molar-refractivity contribution in [3.05, 3.63) is 65.5 Å². The van der Waals surface area contributed by atoms with Crippen LogP contribution in [-0.2, 0) is 19.9 Å². The fourth-order valence-electron chi connectivity index (χ4n) is 2.56. The summed E-state index contributed by atoms with van der Waals surface area (Å²) >= 11 is 2.94. The summed E-state index contributed by atoms with van der Waals surface area (Å²) in [4.78, 5) is 0. The average molecular weight is 347 g/mol. The number of rotatable bonds is 3. The van der Waals surface area contributed by atoms with Crippen molar-refractivity contribution in [1.82, 2.24) is 0 Å². The van der Waals surface area contributed by atoms with Crippen molar-refractivity contribution in [2.45, 2.75) is 12.8 Å². The number of pyridine rings is 1. The molecule has 2 aromatic rings. The Morgan fingerprint density at radius 2 is 1.76 bits per heavy atom. The molecule has 0 amide bonds. The second-order valence-electron chi connectivity index (χ2n) is 5.24. The Kier molecular flexibility index (Phi) is 6.12. The lowest BCUT2D eigenvalue weighted by molar-refractivity contribution is -0.671. The van der Waals surface area contributed by atoms with E-state index in [2.05, 4.69) is 87.1 Å². The normalized spacial score (nSPS) is 12.8. The number of benzene rings is 1. The van der Waals surface area contributed by atoms with E-state index in [1.54, 1.807) is 0 Å². The summed E-state index contributed by atoms with van der Waals surface area (Å²) in [5.74, 6) is 1.81. The fraction of sp³-hybridized carbons (Fsp3) is 0.333. The summed E-state index contributed by atoms with van der Waals surface area (Å²) < 4.78 is 4.52. The topological polar surface area (TPSA) is 6.89 Å². The number of alkyl halides is 1. The molecule has 0 unspecified atom stereocenters. The van der Waals surface area contributed by atoms with E-state index in [0.717, 1.165) is 25.9 Å². The van der Waals surface area contributed by atoms with E-state index in [0.29, 0.717) is 0 Å². The van der Waals surface area contributed by atoms with Gasteiger partial charge in [-0.25, -0.2) is 9.14 Å². The van der Waals surface area contributed by atoms with Crippen molar-refractivity contribution in [2.75, 3.05) is 18.9 Å². The van der Waals surface area contributed by atoms with Crippen LogP contribution in [0.15, 0.2) is 48.8 Å². The zero-order valence-corrected chi connectivity index (χ0v) is 14.4. The Bertz CT molecular complexity index is 603. The molecule has 0 saturated carbocycles. The molecule has 2 nitrogen and oxygen atoms in total. The minimum absolute atomic E-state index is 1.10. The summed E-state index contributed by atoms with van der Waals surface area (Å²) in [6, 6.07) is 13.1. The van der Waals surface area contributed by atoms with Crippen LogP contribution in [0.3, 0.4) is 0 Å². The molecule has 1 aromatic heterocycles. The second-order valence-corrected chi connectivity index (χ2v) is 5.24. The molecule has 1 aliphatic heterocycles. The van der Waals surface area contributed by atoms with Crippen molar-refractivity contribution < 1.29 is 9.14 Å². The van der Waals surface area contributed by atoms with Crippen LogP contribution < -0.4 is 4.57 Å². The van der Waals surface area contributed by atoms with Gasteiger partial charge in [0.2, 0.25) is 0 Å². The first-order chi connectivity index (χ1) is 10.3. The number of aryl methyl sites for hydroxylation is 1. The highest BCUT2D eigenvalue weighted by molar-refractivity contribution is 9.08. The van der Waals surface area contributed by atoms with Crippen molar-refractivity contribution in [2.24, 2.45) is 7.05 Å². The van der Waals surface area contributed by atoms with Crippen molar-refractivity contribution in [3.8, 4) is 0 Å². The predicted molar refractivity (Wildman–Crippen MR) is 91.5 cm³/mol. The predicted octanol–water partition coefficient (Wildman–Crippen LogP) is 2.75. The summed E-state index contributed by atoms with van der Waals surface area (Å²) in [5, 5.41) is 0. The Hall–Kier alpha value is -1.48. The van der Waals surface area contributed by atoms with E-state index in [1.165, 1.54) is 16.7 Å². The van der Waals surface area contributed by atoms with Crippen molar-refractivity contribution >= 4 is 22.1 Å². The molecule has 2 heterocycles. The van der Waals surface area contributed by atoms with Gasteiger partial charge in [-0.1, -0.05) is 34.1 Å². The van der Waals surface area contributed by atoms with Gasteiger partial charge < -0.3 is 0 Å². The van der Waals surface area contributed by atoms with Crippen LogP contribution >= 0.6 is 15.9 Å². The van der Waals surface area contributed by atoms with Crippen molar-refractivity contribution in [3.63, 3.8) is 0 Å².